The van der Waals surface area contributed by atoms with Gasteiger partial charge in [0.2, 0.25) is 21.8 Å². The summed E-state index contributed by atoms with van der Waals surface area (Å²) < 4.78 is 29.6. The van der Waals surface area contributed by atoms with Gasteiger partial charge >= 0.3 is 0 Å². The smallest absolute Gasteiger partial charge is 0.267 e. The predicted molar refractivity (Wildman–Crippen MR) is 156 cm³/mol. The Kier molecular flexibility index (Phi) is 9.18. The number of nitrogens with one attached hydrogen (secondary N) is 2. The number of fused-ring (bicyclic) bond motifs is 1. The standard InChI is InChI=1S/C25H29ClN6O6S3/c26-20-6-5-17(40-20)7-12-41(37,38)29-19-4-2-8-30(24(19)36)15-21(33)31-9-1-3-16(31)13-27-22(34)18-14-28-25-32(23(18)35)10-11-39-25/h5-7,12,14,16,19,29H,1-4,8-11,13,15H2,(H,27,34)/b12-7+. The van der Waals surface area contributed by atoms with Gasteiger partial charge in [0.25, 0.3) is 11.5 Å². The fraction of sp³-hybridized carbons (Fsp3) is 0.480. The highest BCUT2D eigenvalue weighted by molar-refractivity contribution is 7.99. The average Bonchev–Trinajstić information content (AvgIpc) is 3.70. The molecular weight excluding hydrogens is 612 g/mol. The molecule has 16 heteroatoms. The highest BCUT2D eigenvalue weighted by Gasteiger charge is 2.35. The van der Waals surface area contributed by atoms with Gasteiger partial charge in [-0.05, 0) is 43.9 Å². The summed E-state index contributed by atoms with van der Waals surface area (Å²) in [6.45, 7) is 1.32. The molecule has 0 radical (unpaired) electrons. The maximum absolute atomic E-state index is 13.2. The summed E-state index contributed by atoms with van der Waals surface area (Å²) in [4.78, 5) is 59.6. The number of likely N-dealkylation sites (tertiary alicyclic amines) is 2. The molecule has 2 unspecified atom stereocenters. The lowest BCUT2D eigenvalue weighted by Crippen LogP contribution is -2.55. The molecule has 3 aliphatic heterocycles. The fourth-order valence-corrected chi connectivity index (χ4v) is 8.11. The third-order valence-corrected chi connectivity index (χ3v) is 10.4. The number of carbonyl (C=O) groups is 3. The van der Waals surface area contributed by atoms with E-state index in [0.717, 1.165) is 17.6 Å². The van der Waals surface area contributed by atoms with Crippen LogP contribution in [0.2, 0.25) is 4.34 Å². The minimum Gasteiger partial charge on any atom is -0.350 e. The topological polar surface area (TPSA) is 151 Å². The maximum Gasteiger partial charge on any atom is 0.267 e. The first kappa shape index (κ1) is 29.8. The number of hydrogen-bond acceptors (Lipinski definition) is 9. The van der Waals surface area contributed by atoms with Gasteiger partial charge in [-0.2, -0.15) is 4.72 Å². The average molecular weight is 641 g/mol. The van der Waals surface area contributed by atoms with Crippen molar-refractivity contribution in [3.8, 4) is 0 Å². The Morgan fingerprint density at radius 1 is 1.15 bits per heavy atom. The summed E-state index contributed by atoms with van der Waals surface area (Å²) in [5.41, 5.74) is -0.411. The van der Waals surface area contributed by atoms with Crippen LogP contribution in [-0.2, 0) is 26.2 Å². The van der Waals surface area contributed by atoms with Crippen molar-refractivity contribution >= 4 is 68.5 Å². The SMILES string of the molecule is O=C(NCC1CCCN1C(=O)CN1CCCC(NS(=O)(=O)/C=C/c2ccc(Cl)s2)C1=O)c1cnc2n(c1=O)CCS2. The predicted octanol–water partition coefficient (Wildman–Crippen LogP) is 1.37. The van der Waals surface area contributed by atoms with Gasteiger partial charge in [0, 0.05) is 54.5 Å². The highest BCUT2D eigenvalue weighted by atomic mass is 35.5. The van der Waals surface area contributed by atoms with Crippen LogP contribution < -0.4 is 15.6 Å². The zero-order valence-corrected chi connectivity index (χ0v) is 25.2. The Labute approximate surface area is 250 Å². The Bertz CT molecular complexity index is 1540. The van der Waals surface area contributed by atoms with Crippen LogP contribution in [0.15, 0.2) is 33.7 Å². The van der Waals surface area contributed by atoms with Crippen LogP contribution in [0, 0.1) is 0 Å². The fourth-order valence-electron chi connectivity index (χ4n) is 5.13. The van der Waals surface area contributed by atoms with Gasteiger partial charge in [0.05, 0.1) is 10.9 Å². The summed E-state index contributed by atoms with van der Waals surface area (Å²) in [6, 6.07) is 2.11. The Morgan fingerprint density at radius 3 is 2.73 bits per heavy atom. The molecule has 2 N–H and O–H groups in total. The number of rotatable bonds is 9. The van der Waals surface area contributed by atoms with E-state index in [4.69, 9.17) is 11.6 Å². The number of nitrogens with zero attached hydrogens (tertiary/aromatic N) is 4. The third kappa shape index (κ3) is 7.02. The van der Waals surface area contributed by atoms with Gasteiger partial charge in [0.1, 0.15) is 11.6 Å². The molecule has 3 aliphatic rings. The first-order valence-corrected chi connectivity index (χ1v) is 16.9. The molecule has 12 nitrogen and oxygen atoms in total. The Morgan fingerprint density at radius 2 is 1.95 bits per heavy atom. The lowest BCUT2D eigenvalue weighted by atomic mass is 10.1. The van der Waals surface area contributed by atoms with Crippen LogP contribution >= 0.6 is 34.7 Å². The Balaban J connectivity index is 1.15. The van der Waals surface area contributed by atoms with Crippen molar-refractivity contribution in [2.45, 2.75) is 49.5 Å². The van der Waals surface area contributed by atoms with E-state index >= 15 is 0 Å². The van der Waals surface area contributed by atoms with E-state index in [0.29, 0.717) is 53.3 Å². The van der Waals surface area contributed by atoms with Crippen molar-refractivity contribution in [3.05, 3.63) is 48.9 Å². The van der Waals surface area contributed by atoms with Crippen molar-refractivity contribution < 1.29 is 22.8 Å². The second kappa shape index (κ2) is 12.7. The minimum atomic E-state index is -3.90. The van der Waals surface area contributed by atoms with Crippen molar-refractivity contribution in [1.82, 2.24) is 29.4 Å². The number of hydrogen-bond donors (Lipinski definition) is 2. The zero-order chi connectivity index (χ0) is 29.1. The number of thioether (sulfide) groups is 1. The number of aromatic nitrogens is 2. The van der Waals surface area contributed by atoms with Crippen molar-refractivity contribution in [2.75, 3.05) is 31.9 Å². The molecule has 2 fully saturated rings. The van der Waals surface area contributed by atoms with Crippen LogP contribution in [0.25, 0.3) is 6.08 Å². The van der Waals surface area contributed by atoms with Crippen LogP contribution in [0.3, 0.4) is 0 Å². The molecule has 2 atom stereocenters. The molecule has 220 valence electrons. The second-order valence-corrected chi connectivity index (χ2v) is 14.3. The molecule has 5 heterocycles. The summed E-state index contributed by atoms with van der Waals surface area (Å²) in [7, 11) is -3.90. The molecular formula is C25H29ClN6O6S3. The van der Waals surface area contributed by atoms with E-state index < -0.39 is 27.9 Å². The largest absolute Gasteiger partial charge is 0.350 e. The quantitative estimate of drug-likeness (QED) is 0.390. The van der Waals surface area contributed by atoms with Gasteiger partial charge in [0.15, 0.2) is 5.16 Å². The van der Waals surface area contributed by atoms with Gasteiger partial charge in [-0.1, -0.05) is 23.4 Å². The molecule has 3 amide bonds. The number of carbonyl (C=O) groups excluding carboxylic acids is 3. The molecule has 2 aromatic heterocycles. The highest BCUT2D eigenvalue weighted by Crippen LogP contribution is 2.23. The van der Waals surface area contributed by atoms with Gasteiger partial charge in [-0.25, -0.2) is 13.4 Å². The van der Waals surface area contributed by atoms with Gasteiger partial charge in [-0.3, -0.25) is 23.7 Å². The van der Waals surface area contributed by atoms with Crippen LogP contribution in [0.4, 0.5) is 0 Å². The normalized spacial score (nSPS) is 21.0. The minimum absolute atomic E-state index is 0.0337. The lowest BCUT2D eigenvalue weighted by Gasteiger charge is -2.34. The van der Waals surface area contributed by atoms with Gasteiger partial charge < -0.3 is 15.1 Å². The summed E-state index contributed by atoms with van der Waals surface area (Å²) in [6.07, 6.45) is 4.98. The van der Waals surface area contributed by atoms with E-state index in [2.05, 4.69) is 15.0 Å². The summed E-state index contributed by atoms with van der Waals surface area (Å²) >= 11 is 8.58. The van der Waals surface area contributed by atoms with E-state index in [1.807, 2.05) is 0 Å². The molecule has 0 bridgehead atoms. The number of sulfonamides is 1. The van der Waals surface area contributed by atoms with E-state index in [-0.39, 0.29) is 36.2 Å². The third-order valence-electron chi connectivity index (χ3n) is 7.17. The molecule has 5 rings (SSSR count). The monoisotopic (exact) mass is 640 g/mol. The molecule has 41 heavy (non-hydrogen) atoms. The van der Waals surface area contributed by atoms with Crippen molar-refractivity contribution in [1.29, 1.82) is 0 Å². The molecule has 0 aromatic carbocycles. The summed E-state index contributed by atoms with van der Waals surface area (Å²) in [5.74, 6) is -0.524. The second-order valence-electron chi connectivity index (χ2n) is 9.92. The molecule has 2 aromatic rings. The molecule has 2 saturated heterocycles. The summed E-state index contributed by atoms with van der Waals surface area (Å²) in [5, 5.41) is 4.37. The number of halogens is 1. The van der Waals surface area contributed by atoms with E-state index in [9.17, 15) is 27.6 Å². The van der Waals surface area contributed by atoms with Crippen molar-refractivity contribution in [2.24, 2.45) is 0 Å². The first-order valence-electron chi connectivity index (χ1n) is 13.2. The number of amides is 3. The van der Waals surface area contributed by atoms with Gasteiger partial charge in [-0.15, -0.1) is 11.3 Å². The first-order chi connectivity index (χ1) is 19.6. The van der Waals surface area contributed by atoms with Crippen molar-refractivity contribution in [3.63, 3.8) is 0 Å². The Hall–Kier alpha value is -2.72. The lowest BCUT2D eigenvalue weighted by molar-refractivity contribution is -0.143. The van der Waals surface area contributed by atoms with E-state index in [1.54, 1.807) is 17.0 Å². The van der Waals surface area contributed by atoms with Crippen LogP contribution in [-0.4, -0.2) is 89.5 Å². The molecule has 0 saturated carbocycles. The molecule has 0 spiro atoms. The van der Waals surface area contributed by atoms with Crippen LogP contribution in [0.5, 0.6) is 0 Å². The maximum atomic E-state index is 13.2. The number of piperidine rings is 1. The zero-order valence-electron chi connectivity index (χ0n) is 22.0. The van der Waals surface area contributed by atoms with E-state index in [1.165, 1.54) is 44.8 Å². The van der Waals surface area contributed by atoms with Crippen LogP contribution in [0.1, 0.15) is 40.9 Å². The number of thiophene rings is 1. The molecule has 0 aliphatic carbocycles.